The first-order valence-electron chi connectivity index (χ1n) is 50.1. The van der Waals surface area contributed by atoms with Crippen LogP contribution in [0.2, 0.25) is 0 Å². The van der Waals surface area contributed by atoms with Crippen molar-refractivity contribution < 1.29 is 17.7 Å². The minimum absolute atomic E-state index is 0.800. The first-order chi connectivity index (χ1) is 72.2. The van der Waals surface area contributed by atoms with Crippen LogP contribution in [0.4, 0.5) is 68.2 Å². The molecule has 22 aromatic carbocycles. The van der Waals surface area contributed by atoms with E-state index in [-0.39, 0.29) is 0 Å². The van der Waals surface area contributed by atoms with Crippen molar-refractivity contribution in [2.24, 2.45) is 0 Å². The second-order valence-electron chi connectivity index (χ2n) is 39.8. The summed E-state index contributed by atoms with van der Waals surface area (Å²) in [4.78, 5) is 9.73. The molecule has 0 aliphatic carbocycles. The Morgan fingerprint density at radius 3 is 0.870 bits per heavy atom. The standard InChI is InChI=1S/C134H78N8O4/c1-75-43-49-81(50-44-75)137(113-39-21-33-92-85-27-13-20-42-120(85)145-133(92)113)111-62-58-90-100-73-118-101(74-117(100)141-107-37-17-11-31-96(107)127(111)131(90)141)91-59-63-112(128-97-32-12-18-38-108(97)142(118)132(91)128)138(82-51-45-76(2)46-52-82)114-40-22-34-93-102-67-77(48-64-123(102)146-134(93)114)78-47-55-87-104-70-84(54-66-122(104)144-124(87)68-78)136(80-25-7-4-8-26-80)110-61-57-89-99-72-115-98(71-116(99)140-106-36-16-10-30-95(106)126(110)130(89)140)88-56-60-109(125-94-29-9-15-35-105(94)139(115)129(88)125)135(79-23-5-3-6-24-79)83-53-65-121-103(69-83)86-28-14-19-41-119(86)143-121/h3-74H,1-2H3. The number of hydrogen-bond acceptors (Lipinski definition) is 8. The number of aryl methyl sites for hydroxylation is 2. The van der Waals surface area contributed by atoms with Gasteiger partial charge >= 0.3 is 0 Å². The van der Waals surface area contributed by atoms with Crippen LogP contribution in [0, 0.1) is 13.8 Å². The molecule has 12 heteroatoms. The molecule has 0 radical (unpaired) electrons. The first-order valence-corrected chi connectivity index (χ1v) is 50.1. The van der Waals surface area contributed by atoms with Crippen LogP contribution in [0.3, 0.4) is 0 Å². The van der Waals surface area contributed by atoms with Gasteiger partial charge < -0.3 is 54.9 Å². The van der Waals surface area contributed by atoms with E-state index in [1.807, 2.05) is 6.07 Å². The van der Waals surface area contributed by atoms with E-state index < -0.39 is 0 Å². The van der Waals surface area contributed by atoms with Crippen LogP contribution in [0.1, 0.15) is 11.1 Å². The third-order valence-corrected chi connectivity index (χ3v) is 32.1. The monoisotopic (exact) mass is 1860 g/mol. The number of rotatable bonds is 13. The molecule has 0 N–H and O–H groups in total. The summed E-state index contributed by atoms with van der Waals surface area (Å²) in [6, 6.07) is 161. The second kappa shape index (κ2) is 28.6. The van der Waals surface area contributed by atoms with E-state index in [4.69, 9.17) is 17.7 Å². The Morgan fingerprint density at radius 1 is 0.158 bits per heavy atom. The molecule has 146 heavy (non-hydrogen) atoms. The average molecular weight is 1860 g/mol. The smallest absolute Gasteiger partial charge is 0.159 e. The van der Waals surface area contributed by atoms with Gasteiger partial charge in [0.15, 0.2) is 11.2 Å². The SMILES string of the molecule is Cc1ccc(N(c2cccc3c2oc2ccccc23)c2ccc3c4cc5c(cc4n4c6ccccc6c2c34)c2ccc(N(c3ccc(C)cc3)c3cccc4c3oc3ccc(-c6ccc7c(c6)oc6ccc(N(c8ccccc8)c8ccc9c%10cc%11c(cc%10n%10c%12ccccc%12c8c9%10)c8ccc(N(c9ccccc9)c9ccc%10oc%12ccccc%12c%10c9)c9c%10ccccc%10n%11c89)cc67)cc34)c3c4ccccc4n5c23)cc1. The van der Waals surface area contributed by atoms with Crippen molar-refractivity contribution in [3.8, 4) is 11.1 Å². The lowest BCUT2D eigenvalue weighted by Crippen LogP contribution is -2.10. The molecular formula is C134H78N8O4. The fourth-order valence-corrected chi connectivity index (χ4v) is 25.9. The predicted octanol–water partition coefficient (Wildman–Crippen LogP) is 38.0. The van der Waals surface area contributed by atoms with Gasteiger partial charge in [-0.1, -0.05) is 242 Å². The molecule has 12 heterocycles. The number of fused-ring (bicyclic) bond motifs is 36. The number of furan rings is 4. The molecule has 0 amide bonds. The quantitative estimate of drug-likeness (QED) is 0.113. The van der Waals surface area contributed by atoms with Crippen molar-refractivity contribution in [1.82, 2.24) is 17.6 Å². The van der Waals surface area contributed by atoms with Crippen molar-refractivity contribution in [2.45, 2.75) is 13.8 Å². The molecule has 0 aliphatic rings. The molecule has 0 fully saturated rings. The molecule has 12 nitrogen and oxygen atoms in total. The maximum atomic E-state index is 7.31. The molecule has 0 spiro atoms. The molecule has 678 valence electrons. The summed E-state index contributed by atoms with van der Waals surface area (Å²) in [5.41, 5.74) is 37.8. The van der Waals surface area contributed by atoms with Gasteiger partial charge in [0.1, 0.15) is 33.5 Å². The topological polar surface area (TPSA) is 83.2 Å². The molecule has 34 rings (SSSR count). The maximum absolute atomic E-state index is 7.31. The molecule has 0 saturated heterocycles. The van der Waals surface area contributed by atoms with Crippen LogP contribution in [0.15, 0.2) is 454 Å². The minimum Gasteiger partial charge on any atom is -0.456 e. The fraction of sp³-hybridized carbons (Fsp3) is 0.0149. The number of nitrogens with zero attached hydrogens (tertiary/aromatic N) is 8. The Labute approximate surface area is 830 Å². The van der Waals surface area contributed by atoms with Crippen molar-refractivity contribution >= 4 is 308 Å². The highest BCUT2D eigenvalue weighted by Crippen LogP contribution is 2.58. The number of benzene rings is 22. The largest absolute Gasteiger partial charge is 0.456 e. The molecule has 34 aromatic rings. The Morgan fingerprint density at radius 2 is 0.445 bits per heavy atom. The number of aromatic nitrogens is 4. The van der Waals surface area contributed by atoms with Crippen LogP contribution in [-0.2, 0) is 0 Å². The zero-order valence-corrected chi connectivity index (χ0v) is 78.8. The zero-order chi connectivity index (χ0) is 95.0. The molecule has 0 unspecified atom stereocenters. The molecular weight excluding hydrogens is 1790 g/mol. The van der Waals surface area contributed by atoms with Crippen LogP contribution >= 0.6 is 0 Å². The Bertz CT molecular complexity index is 11600. The lowest BCUT2D eigenvalue weighted by Gasteiger charge is -2.26. The summed E-state index contributed by atoms with van der Waals surface area (Å²) in [6.07, 6.45) is 0. The molecule has 0 saturated carbocycles. The number of hydrogen-bond donors (Lipinski definition) is 0. The molecule has 0 atom stereocenters. The Hall–Kier alpha value is -19.6. The van der Waals surface area contributed by atoms with Crippen molar-refractivity contribution in [1.29, 1.82) is 0 Å². The van der Waals surface area contributed by atoms with Gasteiger partial charge in [-0.15, -0.1) is 0 Å². The third-order valence-electron chi connectivity index (χ3n) is 32.1. The van der Waals surface area contributed by atoms with E-state index in [1.165, 1.54) is 136 Å². The van der Waals surface area contributed by atoms with Gasteiger partial charge in [0, 0.05) is 163 Å². The lowest BCUT2D eigenvalue weighted by atomic mass is 10.0. The van der Waals surface area contributed by atoms with Crippen LogP contribution in [-0.4, -0.2) is 17.6 Å². The summed E-state index contributed by atoms with van der Waals surface area (Å²) in [7, 11) is 0. The van der Waals surface area contributed by atoms with Crippen molar-refractivity contribution in [3.05, 3.63) is 448 Å². The summed E-state index contributed by atoms with van der Waals surface area (Å²) in [5, 5.41) is 27.6. The van der Waals surface area contributed by atoms with Gasteiger partial charge in [0.25, 0.3) is 0 Å². The van der Waals surface area contributed by atoms with Crippen LogP contribution in [0.25, 0.3) is 251 Å². The number of anilines is 12. The van der Waals surface area contributed by atoms with E-state index in [9.17, 15) is 0 Å². The van der Waals surface area contributed by atoms with E-state index >= 15 is 0 Å². The maximum Gasteiger partial charge on any atom is 0.159 e. The summed E-state index contributed by atoms with van der Waals surface area (Å²) < 4.78 is 37.8. The predicted molar refractivity (Wildman–Crippen MR) is 608 cm³/mol. The highest BCUT2D eigenvalue weighted by Gasteiger charge is 2.35. The van der Waals surface area contributed by atoms with E-state index in [1.54, 1.807) is 0 Å². The molecule has 0 aliphatic heterocycles. The van der Waals surface area contributed by atoms with Crippen molar-refractivity contribution in [3.63, 3.8) is 0 Å². The van der Waals surface area contributed by atoms with Crippen LogP contribution < -0.4 is 19.6 Å². The Balaban J connectivity index is 0.485. The number of para-hydroxylation sites is 10. The summed E-state index contributed by atoms with van der Waals surface area (Å²) in [6.45, 7) is 4.32. The third kappa shape index (κ3) is 10.4. The van der Waals surface area contributed by atoms with E-state index in [0.29, 0.717) is 0 Å². The minimum atomic E-state index is 0.800. The molecule has 0 bridgehead atoms. The normalized spacial score (nSPS) is 12.6. The van der Waals surface area contributed by atoms with Gasteiger partial charge in [-0.3, -0.25) is 0 Å². The van der Waals surface area contributed by atoms with E-state index in [0.717, 1.165) is 195 Å². The lowest BCUT2D eigenvalue weighted by molar-refractivity contribution is 0.668. The van der Waals surface area contributed by atoms with Crippen LogP contribution in [0.5, 0.6) is 0 Å². The zero-order valence-electron chi connectivity index (χ0n) is 78.8. The fourth-order valence-electron chi connectivity index (χ4n) is 25.9. The first kappa shape index (κ1) is 78.3. The van der Waals surface area contributed by atoms with Crippen molar-refractivity contribution in [2.75, 3.05) is 19.6 Å². The van der Waals surface area contributed by atoms with Gasteiger partial charge in [0.05, 0.1) is 100 Å². The molecule has 12 aromatic heterocycles. The van der Waals surface area contributed by atoms with Gasteiger partial charge in [-0.05, 0) is 231 Å². The van der Waals surface area contributed by atoms with E-state index in [2.05, 4.69) is 482 Å². The summed E-state index contributed by atoms with van der Waals surface area (Å²) >= 11 is 0. The highest BCUT2D eigenvalue weighted by atomic mass is 16.3. The van der Waals surface area contributed by atoms with Gasteiger partial charge in [0.2, 0.25) is 0 Å². The highest BCUT2D eigenvalue weighted by molar-refractivity contribution is 6.36. The second-order valence-corrected chi connectivity index (χ2v) is 39.8. The Kier molecular flexibility index (Phi) is 15.4. The van der Waals surface area contributed by atoms with Gasteiger partial charge in [-0.2, -0.15) is 0 Å². The van der Waals surface area contributed by atoms with Gasteiger partial charge in [-0.25, -0.2) is 0 Å². The average Bonchev–Trinajstić information content (AvgIpc) is 1.51. The summed E-state index contributed by atoms with van der Waals surface area (Å²) in [5.74, 6) is 0.